The van der Waals surface area contributed by atoms with Crippen LogP contribution in [0.1, 0.15) is 25.7 Å². The summed E-state index contributed by atoms with van der Waals surface area (Å²) in [6, 6.07) is 0. The van der Waals surface area contributed by atoms with Crippen molar-refractivity contribution in [1.29, 1.82) is 5.41 Å². The third-order valence-electron chi connectivity index (χ3n) is 2.63. The molecule has 0 aliphatic heterocycles. The Morgan fingerprint density at radius 2 is 1.57 bits per heavy atom. The first-order valence-electron chi connectivity index (χ1n) is 4.32. The van der Waals surface area contributed by atoms with Gasteiger partial charge in [-0.3, -0.25) is 5.41 Å². The van der Waals surface area contributed by atoms with E-state index in [4.69, 9.17) is 11.1 Å². The van der Waals surface area contributed by atoms with Crippen molar-refractivity contribution in [1.82, 2.24) is 0 Å². The average molecular weight is 231 g/mol. The third kappa shape index (κ3) is 3.36. The van der Waals surface area contributed by atoms with Gasteiger partial charge in [0.25, 0.3) is 0 Å². The summed E-state index contributed by atoms with van der Waals surface area (Å²) in [5.41, 5.74) is 5.22. The van der Waals surface area contributed by atoms with Gasteiger partial charge in [0.05, 0.1) is 11.8 Å². The predicted octanol–water partition coefficient (Wildman–Crippen LogP) is 2.71. The molecule has 0 aromatic rings. The van der Waals surface area contributed by atoms with Gasteiger partial charge < -0.3 is 5.73 Å². The van der Waals surface area contributed by atoms with E-state index < -0.39 is 12.1 Å². The number of nitrogens with one attached hydrogen (secondary N) is 1. The maximum Gasteiger partial charge on any atom is 0.391 e. The molecule has 1 fully saturated rings. The Labute approximate surface area is 87.0 Å². The molecule has 0 heterocycles. The molecule has 0 amide bonds. The van der Waals surface area contributed by atoms with Crippen molar-refractivity contribution < 1.29 is 13.2 Å². The molecule has 0 atom stereocenters. The number of rotatable bonds is 1. The fourth-order valence-electron chi connectivity index (χ4n) is 1.73. The maximum atomic E-state index is 12.2. The standard InChI is InChI=1S/C8H13F3N2.ClH/c9-8(10,11)6-3-1-5(2-4-6)7(12)13;/h5-6H,1-4H2,(H3,12,13);1H/t5-,6-;. The second-order valence-electron chi connectivity index (χ2n) is 3.55. The van der Waals surface area contributed by atoms with Gasteiger partial charge in [-0.25, -0.2) is 0 Å². The van der Waals surface area contributed by atoms with Crippen molar-refractivity contribution in [2.24, 2.45) is 17.6 Å². The minimum atomic E-state index is -4.07. The quantitative estimate of drug-likeness (QED) is 0.528. The highest BCUT2D eigenvalue weighted by molar-refractivity contribution is 5.85. The summed E-state index contributed by atoms with van der Waals surface area (Å²) >= 11 is 0. The van der Waals surface area contributed by atoms with Crippen LogP contribution in [0.15, 0.2) is 0 Å². The number of halogens is 4. The van der Waals surface area contributed by atoms with Gasteiger partial charge in [0.15, 0.2) is 0 Å². The fourth-order valence-corrected chi connectivity index (χ4v) is 1.73. The maximum absolute atomic E-state index is 12.2. The van der Waals surface area contributed by atoms with Gasteiger partial charge in [-0.05, 0) is 25.7 Å². The highest BCUT2D eigenvalue weighted by atomic mass is 35.5. The second-order valence-corrected chi connectivity index (χ2v) is 3.55. The van der Waals surface area contributed by atoms with Crippen molar-refractivity contribution in [3.8, 4) is 0 Å². The van der Waals surface area contributed by atoms with E-state index in [-0.39, 0.29) is 37.0 Å². The molecule has 3 N–H and O–H groups in total. The van der Waals surface area contributed by atoms with Crippen LogP contribution in [0.5, 0.6) is 0 Å². The molecule has 0 unspecified atom stereocenters. The molecule has 0 radical (unpaired) electrons. The molecule has 0 saturated heterocycles. The first kappa shape index (κ1) is 13.5. The van der Waals surface area contributed by atoms with Gasteiger partial charge in [0, 0.05) is 5.92 Å². The van der Waals surface area contributed by atoms with Gasteiger partial charge in [-0.2, -0.15) is 13.2 Å². The zero-order chi connectivity index (χ0) is 10.1. The van der Waals surface area contributed by atoms with Crippen molar-refractivity contribution >= 4 is 18.2 Å². The first-order chi connectivity index (χ1) is 5.91. The lowest BCUT2D eigenvalue weighted by Crippen LogP contribution is -2.32. The van der Waals surface area contributed by atoms with Gasteiger partial charge in [0.2, 0.25) is 0 Å². The molecule has 1 aliphatic rings. The number of alkyl halides is 3. The van der Waals surface area contributed by atoms with Crippen LogP contribution >= 0.6 is 12.4 Å². The largest absolute Gasteiger partial charge is 0.391 e. The lowest BCUT2D eigenvalue weighted by molar-refractivity contribution is -0.182. The van der Waals surface area contributed by atoms with Crippen molar-refractivity contribution in [2.45, 2.75) is 31.9 Å². The number of amidine groups is 1. The van der Waals surface area contributed by atoms with Gasteiger partial charge in [-0.15, -0.1) is 12.4 Å². The van der Waals surface area contributed by atoms with E-state index in [0.717, 1.165) is 0 Å². The summed E-state index contributed by atoms with van der Waals surface area (Å²) < 4.78 is 36.6. The van der Waals surface area contributed by atoms with Crippen LogP contribution in [0.4, 0.5) is 13.2 Å². The molecular formula is C8H14ClF3N2. The summed E-state index contributed by atoms with van der Waals surface area (Å²) in [6.45, 7) is 0. The van der Waals surface area contributed by atoms with Gasteiger partial charge >= 0.3 is 6.18 Å². The smallest absolute Gasteiger partial charge is 0.387 e. The van der Waals surface area contributed by atoms with Crippen LogP contribution in [0.2, 0.25) is 0 Å². The van der Waals surface area contributed by atoms with Crippen LogP contribution < -0.4 is 5.73 Å². The summed E-state index contributed by atoms with van der Waals surface area (Å²) in [6.07, 6.45) is -3.03. The Balaban J connectivity index is 0.00000169. The molecular weight excluding hydrogens is 217 g/mol. The zero-order valence-corrected chi connectivity index (χ0v) is 8.42. The lowest BCUT2D eigenvalue weighted by atomic mass is 9.81. The monoisotopic (exact) mass is 230 g/mol. The minimum Gasteiger partial charge on any atom is -0.387 e. The molecule has 14 heavy (non-hydrogen) atoms. The first-order valence-corrected chi connectivity index (χ1v) is 4.32. The molecule has 0 aromatic carbocycles. The summed E-state index contributed by atoms with van der Waals surface area (Å²) in [4.78, 5) is 0. The molecule has 0 spiro atoms. The molecule has 1 rings (SSSR count). The van der Waals surface area contributed by atoms with Crippen LogP contribution in [-0.4, -0.2) is 12.0 Å². The zero-order valence-electron chi connectivity index (χ0n) is 7.60. The van der Waals surface area contributed by atoms with Crippen LogP contribution in [0.25, 0.3) is 0 Å². The highest BCUT2D eigenvalue weighted by Crippen LogP contribution is 2.39. The van der Waals surface area contributed by atoms with Gasteiger partial charge in [-0.1, -0.05) is 0 Å². The highest BCUT2D eigenvalue weighted by Gasteiger charge is 2.41. The molecule has 2 nitrogen and oxygen atoms in total. The number of hydrogen-bond donors (Lipinski definition) is 2. The SMILES string of the molecule is Cl.N=C(N)[C@H]1CC[C@H](C(F)(F)F)CC1. The van der Waals surface area contributed by atoms with E-state index in [2.05, 4.69) is 0 Å². The molecule has 1 saturated carbocycles. The molecule has 0 bridgehead atoms. The van der Waals surface area contributed by atoms with E-state index >= 15 is 0 Å². The van der Waals surface area contributed by atoms with E-state index in [1.807, 2.05) is 0 Å². The average Bonchev–Trinajstić information content (AvgIpc) is 2.03. The third-order valence-corrected chi connectivity index (χ3v) is 2.63. The Morgan fingerprint density at radius 3 is 1.86 bits per heavy atom. The normalized spacial score (nSPS) is 27.9. The second kappa shape index (κ2) is 4.87. The van der Waals surface area contributed by atoms with E-state index in [1.165, 1.54) is 0 Å². The Kier molecular flexibility index (Phi) is 4.71. The van der Waals surface area contributed by atoms with E-state index in [0.29, 0.717) is 12.8 Å². The number of nitrogens with two attached hydrogens (primary N) is 1. The molecule has 0 aromatic heterocycles. The van der Waals surface area contributed by atoms with Crippen LogP contribution in [0, 0.1) is 17.2 Å². The Bertz CT molecular complexity index is 197. The van der Waals surface area contributed by atoms with Crippen LogP contribution in [0.3, 0.4) is 0 Å². The summed E-state index contributed by atoms with van der Waals surface area (Å²) in [5.74, 6) is -1.28. The summed E-state index contributed by atoms with van der Waals surface area (Å²) in [5, 5.41) is 7.11. The molecule has 1 aliphatic carbocycles. The van der Waals surface area contributed by atoms with Crippen molar-refractivity contribution in [3.05, 3.63) is 0 Å². The molecule has 84 valence electrons. The van der Waals surface area contributed by atoms with Crippen molar-refractivity contribution in [3.63, 3.8) is 0 Å². The van der Waals surface area contributed by atoms with Crippen LogP contribution in [-0.2, 0) is 0 Å². The Hall–Kier alpha value is -0.450. The topological polar surface area (TPSA) is 49.9 Å². The number of hydrogen-bond acceptors (Lipinski definition) is 1. The molecule has 6 heteroatoms. The van der Waals surface area contributed by atoms with Gasteiger partial charge in [0.1, 0.15) is 0 Å². The van der Waals surface area contributed by atoms with E-state index in [1.54, 1.807) is 0 Å². The van der Waals surface area contributed by atoms with Crippen molar-refractivity contribution in [2.75, 3.05) is 0 Å². The predicted molar refractivity (Wildman–Crippen MR) is 50.7 cm³/mol. The summed E-state index contributed by atoms with van der Waals surface area (Å²) in [7, 11) is 0. The Morgan fingerprint density at radius 1 is 1.14 bits per heavy atom. The minimum absolute atomic E-state index is 0. The fraction of sp³-hybridized carbons (Fsp3) is 0.875. The van der Waals surface area contributed by atoms with E-state index in [9.17, 15) is 13.2 Å². The lowest BCUT2D eigenvalue weighted by Gasteiger charge is -2.28.